The van der Waals surface area contributed by atoms with Crippen LogP contribution in [0.4, 0.5) is 42.0 Å². The molecule has 57 heavy (non-hydrogen) atoms. The smallest absolute Gasteiger partial charge is 0.417 e. The van der Waals surface area contributed by atoms with E-state index in [1.807, 2.05) is 17.9 Å². The molecule has 6 heterocycles. The van der Waals surface area contributed by atoms with Gasteiger partial charge in [-0.1, -0.05) is 6.07 Å². The second kappa shape index (κ2) is 15.0. The average Bonchev–Trinajstić information content (AvgIpc) is 3.92. The number of likely N-dealkylation sites (N-methyl/N-ethyl adjacent to an activating group) is 1. The van der Waals surface area contributed by atoms with Crippen molar-refractivity contribution in [1.29, 1.82) is 5.26 Å². The third kappa shape index (κ3) is 6.84. The van der Waals surface area contributed by atoms with Crippen molar-refractivity contribution in [3.8, 4) is 23.2 Å². The number of fused-ring (bicyclic) bond motifs is 3. The lowest BCUT2D eigenvalue weighted by molar-refractivity contribution is -0.137. The first-order chi connectivity index (χ1) is 27.2. The molecule has 4 atom stereocenters. The van der Waals surface area contributed by atoms with E-state index in [1.54, 1.807) is 16.7 Å². The van der Waals surface area contributed by atoms with Gasteiger partial charge in [0.1, 0.15) is 47.1 Å². The van der Waals surface area contributed by atoms with Crippen molar-refractivity contribution in [2.24, 2.45) is 0 Å². The van der Waals surface area contributed by atoms with Gasteiger partial charge in [0.2, 0.25) is 0 Å². The fourth-order valence-corrected chi connectivity index (χ4v) is 10.2. The fourth-order valence-electron chi connectivity index (χ4n) is 9.26. The number of amides is 1. The highest BCUT2D eigenvalue weighted by atomic mass is 32.1. The van der Waals surface area contributed by atoms with Crippen molar-refractivity contribution >= 4 is 49.2 Å². The van der Waals surface area contributed by atoms with E-state index < -0.39 is 64.3 Å². The minimum Gasteiger partial charge on any atom is -0.461 e. The number of carbonyl (C=O) groups excluding carboxylic acids is 1. The maximum atomic E-state index is 17.4. The number of thiophene rings is 1. The minimum absolute atomic E-state index is 0.0381. The molecule has 4 saturated heterocycles. The van der Waals surface area contributed by atoms with Crippen LogP contribution in [-0.4, -0.2) is 102 Å². The van der Waals surface area contributed by atoms with Gasteiger partial charge in [-0.2, -0.15) is 28.4 Å². The summed E-state index contributed by atoms with van der Waals surface area (Å²) >= 11 is 0.676. The second-order valence-corrected chi connectivity index (χ2v) is 16.3. The Hall–Kier alpha value is -4.60. The highest BCUT2D eigenvalue weighted by molar-refractivity contribution is 7.23. The van der Waals surface area contributed by atoms with Gasteiger partial charge in [0.15, 0.2) is 5.82 Å². The first-order valence-electron chi connectivity index (χ1n) is 19.1. The summed E-state index contributed by atoms with van der Waals surface area (Å²) < 4.78 is 110. The van der Waals surface area contributed by atoms with Crippen molar-refractivity contribution in [3.05, 3.63) is 41.0 Å². The largest absolute Gasteiger partial charge is 0.461 e. The highest BCUT2D eigenvalue weighted by Gasteiger charge is 2.50. The van der Waals surface area contributed by atoms with Gasteiger partial charge in [-0.15, -0.1) is 11.3 Å². The summed E-state index contributed by atoms with van der Waals surface area (Å²) in [6.07, 6.45) is -3.83. The Morgan fingerprint density at radius 3 is 2.68 bits per heavy atom. The Kier molecular flexibility index (Phi) is 10.3. The Labute approximate surface area is 328 Å². The van der Waals surface area contributed by atoms with Gasteiger partial charge < -0.3 is 29.7 Å². The van der Waals surface area contributed by atoms with Gasteiger partial charge in [-0.05, 0) is 57.4 Å². The van der Waals surface area contributed by atoms with E-state index in [1.165, 1.54) is 0 Å². The number of aromatic nitrogens is 2. The summed E-state index contributed by atoms with van der Waals surface area (Å²) in [5.41, 5.74) is 1.84. The Morgan fingerprint density at radius 2 is 1.96 bits per heavy atom. The molecule has 4 aliphatic heterocycles. The molecule has 0 saturated carbocycles. The van der Waals surface area contributed by atoms with Crippen LogP contribution >= 0.6 is 11.3 Å². The molecular formula is C39H41F6N7O4S. The molecule has 0 spiro atoms. The third-order valence-electron chi connectivity index (χ3n) is 12.0. The van der Waals surface area contributed by atoms with Crippen LogP contribution in [0.5, 0.6) is 6.01 Å². The Balaban J connectivity index is 1.28. The molecule has 0 bridgehead atoms. The summed E-state index contributed by atoms with van der Waals surface area (Å²) in [6, 6.07) is 3.20. The standard InChI is InChI=1S/C39H41F6N7O4S/c1-3-51(28-7-12-52(20(28)2)37(53)56-22-8-13-54-14-9-22)35-24-15-26(39(43,44)45)30(23-5-6-27(41)33-29(23)25(17-46)34(47)57-33)31(42)32(24)48-36(49-35)55-19-38-10-4-11-50(38)18-21(40)16-38/h5-6,15,20-22,28H,3-4,7-14,16,18-19,47H2,1-2H3/t20-,21-,28+,38+/m1/s1. The predicted octanol–water partition coefficient (Wildman–Crippen LogP) is 7.82. The molecule has 4 aromatic rings. The van der Waals surface area contributed by atoms with Crippen LogP contribution < -0.4 is 15.4 Å². The molecular weight excluding hydrogens is 777 g/mol. The highest BCUT2D eigenvalue weighted by Crippen LogP contribution is 2.49. The number of ether oxygens (including phenoxy) is 3. The van der Waals surface area contributed by atoms with Crippen LogP contribution in [0.3, 0.4) is 0 Å². The van der Waals surface area contributed by atoms with Crippen molar-refractivity contribution in [2.45, 2.75) is 88.4 Å². The van der Waals surface area contributed by atoms with E-state index in [0.717, 1.165) is 24.6 Å². The Bertz CT molecular complexity index is 2260. The molecule has 304 valence electrons. The van der Waals surface area contributed by atoms with Gasteiger partial charge >= 0.3 is 18.3 Å². The van der Waals surface area contributed by atoms with E-state index in [9.17, 15) is 14.4 Å². The van der Waals surface area contributed by atoms with E-state index in [0.29, 0.717) is 56.8 Å². The SMILES string of the molecule is CCN(c1nc(OC[C@@]23CCCN2C[C@H](F)C3)nc2c(F)c(-c3ccc(F)c4sc(N)c(C#N)c34)c(C(F)(F)F)cc12)[C@H]1CCN(C(=O)OC2CCOCC2)[C@@H]1C. The summed E-state index contributed by atoms with van der Waals surface area (Å²) in [5, 5.41) is 9.26. The number of halogens is 6. The van der Waals surface area contributed by atoms with Gasteiger partial charge in [0, 0.05) is 55.2 Å². The normalized spacial score (nSPS) is 24.3. The van der Waals surface area contributed by atoms with E-state index >= 15 is 22.0 Å². The first-order valence-corrected chi connectivity index (χ1v) is 19.9. The zero-order chi connectivity index (χ0) is 40.4. The zero-order valence-electron chi connectivity index (χ0n) is 31.3. The number of hydrogen-bond donors (Lipinski definition) is 1. The van der Waals surface area contributed by atoms with E-state index in [-0.39, 0.29) is 82.2 Å². The molecule has 2 aromatic heterocycles. The monoisotopic (exact) mass is 817 g/mol. The fraction of sp³-hybridized carbons (Fsp3) is 0.538. The van der Waals surface area contributed by atoms with Crippen molar-refractivity contribution < 1.29 is 45.3 Å². The molecule has 2 N–H and O–H groups in total. The van der Waals surface area contributed by atoms with Gasteiger partial charge in [0.05, 0.1) is 46.7 Å². The van der Waals surface area contributed by atoms with E-state index in [4.69, 9.17) is 19.9 Å². The van der Waals surface area contributed by atoms with Crippen LogP contribution in [0.15, 0.2) is 18.2 Å². The predicted molar refractivity (Wildman–Crippen MR) is 201 cm³/mol. The van der Waals surface area contributed by atoms with Gasteiger partial charge in [-0.25, -0.2) is 18.0 Å². The van der Waals surface area contributed by atoms with Gasteiger partial charge in [0.25, 0.3) is 0 Å². The number of alkyl halides is 4. The van der Waals surface area contributed by atoms with Gasteiger partial charge in [-0.3, -0.25) is 4.90 Å². The number of rotatable bonds is 8. The molecule has 1 amide bonds. The third-order valence-corrected chi connectivity index (χ3v) is 13.1. The quantitative estimate of drug-likeness (QED) is 0.176. The lowest BCUT2D eigenvalue weighted by Gasteiger charge is -2.35. The molecule has 0 aliphatic carbocycles. The lowest BCUT2D eigenvalue weighted by atomic mass is 9.92. The molecule has 8 rings (SSSR count). The van der Waals surface area contributed by atoms with Crippen LogP contribution in [0.1, 0.15) is 63.5 Å². The molecule has 0 unspecified atom stereocenters. The van der Waals surface area contributed by atoms with E-state index in [2.05, 4.69) is 9.97 Å². The number of nitrogens with two attached hydrogens (primary N) is 1. The number of likely N-dealkylation sites (tertiary alicyclic amines) is 1. The number of anilines is 2. The molecule has 18 heteroatoms. The van der Waals surface area contributed by atoms with Crippen molar-refractivity contribution in [3.63, 3.8) is 0 Å². The number of nitriles is 1. The lowest BCUT2D eigenvalue weighted by Crippen LogP contribution is -2.47. The maximum absolute atomic E-state index is 17.4. The first kappa shape index (κ1) is 39.2. The molecule has 11 nitrogen and oxygen atoms in total. The molecule has 0 radical (unpaired) electrons. The summed E-state index contributed by atoms with van der Waals surface area (Å²) in [5.74, 6) is -2.28. The maximum Gasteiger partial charge on any atom is 0.417 e. The topological polar surface area (TPSA) is 130 Å². The van der Waals surface area contributed by atoms with Crippen LogP contribution in [0.2, 0.25) is 0 Å². The number of nitrogens with zero attached hydrogens (tertiary/aromatic N) is 6. The summed E-state index contributed by atoms with van der Waals surface area (Å²) in [6.45, 7) is 5.89. The van der Waals surface area contributed by atoms with Crippen molar-refractivity contribution in [2.75, 3.05) is 56.6 Å². The summed E-state index contributed by atoms with van der Waals surface area (Å²) in [4.78, 5) is 27.7. The number of nitrogen functional groups attached to an aromatic ring is 1. The molecule has 2 aromatic carbocycles. The Morgan fingerprint density at radius 1 is 1.19 bits per heavy atom. The molecule has 4 fully saturated rings. The number of benzene rings is 2. The minimum atomic E-state index is -5.15. The van der Waals surface area contributed by atoms with Crippen molar-refractivity contribution in [1.82, 2.24) is 19.8 Å². The number of carbonyl (C=O) groups is 1. The zero-order valence-corrected chi connectivity index (χ0v) is 32.1. The van der Waals surface area contributed by atoms with Crippen LogP contribution in [0, 0.1) is 23.0 Å². The summed E-state index contributed by atoms with van der Waals surface area (Å²) in [7, 11) is 0. The van der Waals surface area contributed by atoms with Crippen LogP contribution in [0.25, 0.3) is 32.1 Å². The average molecular weight is 818 g/mol. The number of hydrogen-bond acceptors (Lipinski definition) is 11. The van der Waals surface area contributed by atoms with Crippen LogP contribution in [-0.2, 0) is 15.7 Å². The molecule has 4 aliphatic rings. The second-order valence-electron chi connectivity index (χ2n) is 15.2.